The van der Waals surface area contributed by atoms with Crippen LogP contribution in [0.25, 0.3) is 11.4 Å². The number of benzene rings is 1. The maximum atomic E-state index is 6.14. The lowest BCUT2D eigenvalue weighted by Gasteiger charge is -2.03. The Morgan fingerprint density at radius 1 is 0.947 bits per heavy atom. The Kier molecular flexibility index (Phi) is 3.29. The molecule has 0 aliphatic rings. The Bertz CT molecular complexity index is 677. The molecule has 0 radical (unpaired) electrons. The zero-order valence-corrected chi connectivity index (χ0v) is 11.0. The molecule has 19 heavy (non-hydrogen) atoms. The van der Waals surface area contributed by atoms with E-state index in [2.05, 4.69) is 10.1 Å². The summed E-state index contributed by atoms with van der Waals surface area (Å²) in [5.41, 5.74) is 2.80. The third-order valence-corrected chi connectivity index (χ3v) is 3.23. The summed E-state index contributed by atoms with van der Waals surface area (Å²) in [5.74, 6) is 0. The molecule has 0 saturated carbocycles. The molecule has 0 amide bonds. The van der Waals surface area contributed by atoms with E-state index in [-0.39, 0.29) is 0 Å². The Labute approximate surface area is 116 Å². The molecule has 2 heterocycles. The normalized spacial score (nSPS) is 10.6. The van der Waals surface area contributed by atoms with Gasteiger partial charge in [-0.2, -0.15) is 5.10 Å². The number of halogens is 1. The smallest absolute Gasteiger partial charge is 0.111 e. The fourth-order valence-electron chi connectivity index (χ4n) is 1.90. The van der Waals surface area contributed by atoms with E-state index in [1.165, 1.54) is 0 Å². The van der Waals surface area contributed by atoms with Crippen LogP contribution < -0.4 is 0 Å². The summed E-state index contributed by atoms with van der Waals surface area (Å²) in [5, 5.41) is 5.27. The van der Waals surface area contributed by atoms with Crippen molar-refractivity contribution in [2.45, 2.75) is 6.54 Å². The topological polar surface area (TPSA) is 30.7 Å². The van der Waals surface area contributed by atoms with Crippen molar-refractivity contribution in [2.75, 3.05) is 0 Å². The van der Waals surface area contributed by atoms with Gasteiger partial charge in [0.15, 0.2) is 0 Å². The van der Waals surface area contributed by atoms with E-state index in [4.69, 9.17) is 11.6 Å². The molecule has 4 heteroatoms. The lowest BCUT2D eigenvalue weighted by atomic mass is 10.2. The number of aromatic nitrogens is 3. The van der Waals surface area contributed by atoms with Crippen LogP contribution in [0, 0.1) is 0 Å². The highest BCUT2D eigenvalue weighted by atomic mass is 35.5. The van der Waals surface area contributed by atoms with Crippen LogP contribution >= 0.6 is 11.6 Å². The molecule has 3 rings (SSSR count). The van der Waals surface area contributed by atoms with Gasteiger partial charge >= 0.3 is 0 Å². The molecular weight excluding hydrogens is 258 g/mol. The lowest BCUT2D eigenvalue weighted by Crippen LogP contribution is -2.01. The van der Waals surface area contributed by atoms with E-state index in [1.807, 2.05) is 59.4 Å². The van der Waals surface area contributed by atoms with Crippen molar-refractivity contribution >= 4 is 11.6 Å². The van der Waals surface area contributed by atoms with Gasteiger partial charge in [-0.05, 0) is 29.8 Å². The lowest BCUT2D eigenvalue weighted by molar-refractivity contribution is 0.689. The first-order valence-corrected chi connectivity index (χ1v) is 6.39. The Hall–Kier alpha value is -2.13. The van der Waals surface area contributed by atoms with Crippen LogP contribution in [-0.2, 0) is 6.54 Å². The highest BCUT2D eigenvalue weighted by Crippen LogP contribution is 2.17. The number of hydrogen-bond acceptors (Lipinski definition) is 2. The number of pyridine rings is 1. The summed E-state index contributed by atoms with van der Waals surface area (Å²) in [6, 6.07) is 15.5. The molecule has 2 aromatic heterocycles. The summed E-state index contributed by atoms with van der Waals surface area (Å²) in [4.78, 5) is 4.29. The second-order valence-corrected chi connectivity index (χ2v) is 4.61. The van der Waals surface area contributed by atoms with Crippen LogP contribution in [0.15, 0.2) is 60.9 Å². The maximum Gasteiger partial charge on any atom is 0.111 e. The minimum absolute atomic E-state index is 0.659. The number of hydrogen-bond donors (Lipinski definition) is 0. The van der Waals surface area contributed by atoms with E-state index in [0.717, 1.165) is 22.0 Å². The molecule has 0 atom stereocenters. The van der Waals surface area contributed by atoms with Gasteiger partial charge in [0.05, 0.1) is 12.2 Å². The van der Waals surface area contributed by atoms with Crippen LogP contribution in [0.4, 0.5) is 0 Å². The first kappa shape index (κ1) is 11.9. The summed E-state index contributed by atoms with van der Waals surface area (Å²) < 4.78 is 1.87. The van der Waals surface area contributed by atoms with E-state index in [1.54, 1.807) is 6.20 Å². The van der Waals surface area contributed by atoms with E-state index < -0.39 is 0 Å². The summed E-state index contributed by atoms with van der Waals surface area (Å²) >= 11 is 6.14. The molecule has 94 valence electrons. The second-order valence-electron chi connectivity index (χ2n) is 4.20. The van der Waals surface area contributed by atoms with Crippen molar-refractivity contribution in [3.05, 3.63) is 71.5 Å². The molecule has 0 N–H and O–H groups in total. The summed E-state index contributed by atoms with van der Waals surface area (Å²) in [7, 11) is 0. The van der Waals surface area contributed by atoms with Crippen molar-refractivity contribution in [2.24, 2.45) is 0 Å². The third-order valence-electron chi connectivity index (χ3n) is 2.86. The standard InChI is InChI=1S/C15H12ClN3/c16-13-6-2-1-5-12(13)11-19-10-8-15(18-19)14-7-3-4-9-17-14/h1-10H,11H2. The quantitative estimate of drug-likeness (QED) is 0.727. The highest BCUT2D eigenvalue weighted by molar-refractivity contribution is 6.31. The second kappa shape index (κ2) is 5.24. The average Bonchev–Trinajstić information content (AvgIpc) is 2.91. The fraction of sp³-hybridized carbons (Fsp3) is 0.0667. The fourth-order valence-corrected chi connectivity index (χ4v) is 2.10. The van der Waals surface area contributed by atoms with E-state index in [9.17, 15) is 0 Å². The molecule has 3 aromatic rings. The minimum atomic E-state index is 0.659. The van der Waals surface area contributed by atoms with Gasteiger partial charge in [0.1, 0.15) is 5.69 Å². The van der Waals surface area contributed by atoms with Crippen molar-refractivity contribution < 1.29 is 0 Å². The Morgan fingerprint density at radius 2 is 1.79 bits per heavy atom. The predicted molar refractivity (Wildman–Crippen MR) is 76.0 cm³/mol. The number of nitrogens with zero attached hydrogens (tertiary/aromatic N) is 3. The Balaban J connectivity index is 1.85. The van der Waals surface area contributed by atoms with Gasteiger partial charge in [-0.1, -0.05) is 35.9 Å². The first-order chi connectivity index (χ1) is 9.33. The summed E-state index contributed by atoms with van der Waals surface area (Å²) in [6.45, 7) is 0.659. The molecular formula is C15H12ClN3. The molecule has 0 bridgehead atoms. The SMILES string of the molecule is Clc1ccccc1Cn1ccc(-c2ccccn2)n1. The van der Waals surface area contributed by atoms with Gasteiger partial charge in [0, 0.05) is 17.4 Å². The average molecular weight is 270 g/mol. The molecule has 0 spiro atoms. The molecule has 0 unspecified atom stereocenters. The van der Waals surface area contributed by atoms with Crippen LogP contribution in [0.5, 0.6) is 0 Å². The molecule has 0 aliphatic carbocycles. The van der Waals surface area contributed by atoms with Crippen LogP contribution in [-0.4, -0.2) is 14.8 Å². The van der Waals surface area contributed by atoms with Crippen molar-refractivity contribution in [3.63, 3.8) is 0 Å². The molecule has 0 saturated heterocycles. The van der Waals surface area contributed by atoms with Gasteiger partial charge in [0.2, 0.25) is 0 Å². The van der Waals surface area contributed by atoms with Gasteiger partial charge in [0.25, 0.3) is 0 Å². The van der Waals surface area contributed by atoms with Crippen molar-refractivity contribution in [3.8, 4) is 11.4 Å². The molecule has 1 aromatic carbocycles. The Morgan fingerprint density at radius 3 is 2.58 bits per heavy atom. The summed E-state index contributed by atoms with van der Waals surface area (Å²) in [6.07, 6.45) is 3.70. The third kappa shape index (κ3) is 2.66. The van der Waals surface area contributed by atoms with Gasteiger partial charge in [-0.15, -0.1) is 0 Å². The zero-order chi connectivity index (χ0) is 13.1. The number of rotatable bonds is 3. The molecule has 3 nitrogen and oxygen atoms in total. The molecule has 0 fully saturated rings. The van der Waals surface area contributed by atoms with Crippen LogP contribution in [0.2, 0.25) is 5.02 Å². The van der Waals surface area contributed by atoms with Crippen molar-refractivity contribution in [1.29, 1.82) is 0 Å². The maximum absolute atomic E-state index is 6.14. The van der Waals surface area contributed by atoms with Crippen LogP contribution in [0.3, 0.4) is 0 Å². The highest BCUT2D eigenvalue weighted by Gasteiger charge is 2.05. The molecule has 0 aliphatic heterocycles. The van der Waals surface area contributed by atoms with Crippen LogP contribution in [0.1, 0.15) is 5.56 Å². The van der Waals surface area contributed by atoms with E-state index in [0.29, 0.717) is 6.54 Å². The largest absolute Gasteiger partial charge is 0.268 e. The van der Waals surface area contributed by atoms with Gasteiger partial charge in [-0.3, -0.25) is 9.67 Å². The van der Waals surface area contributed by atoms with E-state index >= 15 is 0 Å². The zero-order valence-electron chi connectivity index (χ0n) is 10.2. The first-order valence-electron chi connectivity index (χ1n) is 6.01. The predicted octanol–water partition coefficient (Wildman–Crippen LogP) is 3.65. The monoisotopic (exact) mass is 269 g/mol. The van der Waals surface area contributed by atoms with Gasteiger partial charge in [-0.25, -0.2) is 0 Å². The minimum Gasteiger partial charge on any atom is -0.268 e. The van der Waals surface area contributed by atoms with Gasteiger partial charge < -0.3 is 0 Å². The van der Waals surface area contributed by atoms with Crippen molar-refractivity contribution in [1.82, 2.24) is 14.8 Å².